The molecule has 4 nitrogen and oxygen atoms in total. The van der Waals surface area contributed by atoms with Crippen LogP contribution in [0.2, 0.25) is 0 Å². The third kappa shape index (κ3) is 3.07. The molecule has 2 N–H and O–H groups in total. The lowest BCUT2D eigenvalue weighted by atomic mass is 9.97. The largest absolute Gasteiger partial charge is 0.333 e. The smallest absolute Gasteiger partial charge is 0.0948 e. The zero-order chi connectivity index (χ0) is 12.5. The molecule has 1 aromatic rings. The molecule has 1 saturated heterocycles. The van der Waals surface area contributed by atoms with Crippen molar-refractivity contribution in [2.75, 3.05) is 20.1 Å². The molecule has 1 aliphatic heterocycles. The number of hydrogen-bond donors (Lipinski definition) is 1. The van der Waals surface area contributed by atoms with Crippen LogP contribution in [0.4, 0.5) is 0 Å². The van der Waals surface area contributed by atoms with Gasteiger partial charge in [-0.15, -0.1) is 0 Å². The van der Waals surface area contributed by atoms with Crippen molar-refractivity contribution < 1.29 is 0 Å². The average molecular weight is 236 g/mol. The SMILES string of the molecule is CN1CCCC(Cn2cncc2C(C)(C)N)C1. The number of nitrogens with zero attached hydrogens (tertiary/aromatic N) is 3. The highest BCUT2D eigenvalue weighted by Gasteiger charge is 2.22. The summed E-state index contributed by atoms with van der Waals surface area (Å²) in [6.45, 7) is 7.53. The third-order valence-electron chi connectivity index (χ3n) is 3.55. The van der Waals surface area contributed by atoms with E-state index in [1.165, 1.54) is 25.9 Å². The van der Waals surface area contributed by atoms with Crippen molar-refractivity contribution in [3.05, 3.63) is 18.2 Å². The number of rotatable bonds is 3. The average Bonchev–Trinajstić information content (AvgIpc) is 2.65. The quantitative estimate of drug-likeness (QED) is 0.863. The van der Waals surface area contributed by atoms with Crippen molar-refractivity contribution in [2.45, 2.75) is 38.8 Å². The van der Waals surface area contributed by atoms with Gasteiger partial charge in [-0.1, -0.05) is 0 Å². The van der Waals surface area contributed by atoms with Gasteiger partial charge in [0.2, 0.25) is 0 Å². The van der Waals surface area contributed by atoms with E-state index in [2.05, 4.69) is 21.5 Å². The molecule has 2 rings (SSSR count). The fraction of sp³-hybridized carbons (Fsp3) is 0.769. The number of aromatic nitrogens is 2. The van der Waals surface area contributed by atoms with Crippen LogP contribution in [0.15, 0.2) is 12.5 Å². The van der Waals surface area contributed by atoms with Gasteiger partial charge >= 0.3 is 0 Å². The highest BCUT2D eigenvalue weighted by Crippen LogP contribution is 2.21. The second-order valence-electron chi connectivity index (χ2n) is 5.92. The van der Waals surface area contributed by atoms with Crippen LogP contribution in [0.3, 0.4) is 0 Å². The minimum Gasteiger partial charge on any atom is -0.333 e. The summed E-state index contributed by atoms with van der Waals surface area (Å²) in [6, 6.07) is 0. The first-order valence-electron chi connectivity index (χ1n) is 6.45. The Hall–Kier alpha value is -0.870. The van der Waals surface area contributed by atoms with Gasteiger partial charge < -0.3 is 15.2 Å². The number of imidazole rings is 1. The Labute approximate surface area is 104 Å². The fourth-order valence-corrected chi connectivity index (χ4v) is 2.70. The van der Waals surface area contributed by atoms with Crippen molar-refractivity contribution in [1.29, 1.82) is 0 Å². The maximum atomic E-state index is 6.16. The van der Waals surface area contributed by atoms with Crippen LogP contribution in [0.25, 0.3) is 0 Å². The zero-order valence-electron chi connectivity index (χ0n) is 11.2. The van der Waals surface area contributed by atoms with E-state index in [1.54, 1.807) is 0 Å². The van der Waals surface area contributed by atoms with Gasteiger partial charge in [-0.2, -0.15) is 0 Å². The summed E-state index contributed by atoms with van der Waals surface area (Å²) in [5.74, 6) is 0.726. The van der Waals surface area contributed by atoms with E-state index in [0.29, 0.717) is 0 Å². The maximum absolute atomic E-state index is 6.16. The van der Waals surface area contributed by atoms with Gasteiger partial charge in [0.05, 0.1) is 17.6 Å². The Kier molecular flexibility index (Phi) is 3.54. The normalized spacial score (nSPS) is 22.9. The highest BCUT2D eigenvalue weighted by atomic mass is 15.1. The first-order chi connectivity index (χ1) is 7.97. The van der Waals surface area contributed by atoms with E-state index < -0.39 is 0 Å². The van der Waals surface area contributed by atoms with Crippen LogP contribution in [0, 0.1) is 5.92 Å². The Bertz CT molecular complexity index is 364. The van der Waals surface area contributed by atoms with Crippen LogP contribution < -0.4 is 5.73 Å². The van der Waals surface area contributed by atoms with Gasteiger partial charge in [0.25, 0.3) is 0 Å². The van der Waals surface area contributed by atoms with Gasteiger partial charge in [0.1, 0.15) is 0 Å². The summed E-state index contributed by atoms with van der Waals surface area (Å²) in [5, 5.41) is 0. The topological polar surface area (TPSA) is 47.1 Å². The Balaban J connectivity index is 2.06. The van der Waals surface area contributed by atoms with Gasteiger partial charge in [-0.3, -0.25) is 0 Å². The highest BCUT2D eigenvalue weighted by molar-refractivity contribution is 5.10. The van der Waals surface area contributed by atoms with Crippen molar-refractivity contribution in [2.24, 2.45) is 11.7 Å². The lowest BCUT2D eigenvalue weighted by molar-refractivity contribution is 0.192. The monoisotopic (exact) mass is 236 g/mol. The number of likely N-dealkylation sites (tertiary alicyclic amines) is 1. The summed E-state index contributed by atoms with van der Waals surface area (Å²) < 4.78 is 2.23. The molecule has 0 aromatic carbocycles. The van der Waals surface area contributed by atoms with Gasteiger partial charge in [-0.25, -0.2) is 4.98 Å². The molecule has 0 saturated carbocycles. The summed E-state index contributed by atoms with van der Waals surface area (Å²) in [6.07, 6.45) is 6.43. The van der Waals surface area contributed by atoms with E-state index in [9.17, 15) is 0 Å². The van der Waals surface area contributed by atoms with E-state index in [0.717, 1.165) is 18.2 Å². The Morgan fingerprint density at radius 1 is 1.53 bits per heavy atom. The number of nitrogens with two attached hydrogens (primary N) is 1. The van der Waals surface area contributed by atoms with Gasteiger partial charge in [0.15, 0.2) is 0 Å². The van der Waals surface area contributed by atoms with Crippen molar-refractivity contribution in [3.63, 3.8) is 0 Å². The zero-order valence-corrected chi connectivity index (χ0v) is 11.2. The number of piperidine rings is 1. The summed E-state index contributed by atoms with van der Waals surface area (Å²) in [5.41, 5.74) is 6.99. The molecule has 1 unspecified atom stereocenters. The molecule has 0 amide bonds. The number of hydrogen-bond acceptors (Lipinski definition) is 3. The third-order valence-corrected chi connectivity index (χ3v) is 3.55. The predicted molar refractivity (Wildman–Crippen MR) is 69.7 cm³/mol. The molecule has 0 spiro atoms. The molecular weight excluding hydrogens is 212 g/mol. The Morgan fingerprint density at radius 2 is 2.29 bits per heavy atom. The summed E-state index contributed by atoms with van der Waals surface area (Å²) in [7, 11) is 2.20. The molecule has 1 aromatic heterocycles. The summed E-state index contributed by atoms with van der Waals surface area (Å²) in [4.78, 5) is 6.66. The molecule has 2 heterocycles. The van der Waals surface area contributed by atoms with Gasteiger partial charge in [0, 0.05) is 19.3 Å². The molecule has 1 atom stereocenters. The molecule has 1 aliphatic rings. The van der Waals surface area contributed by atoms with E-state index >= 15 is 0 Å². The molecular formula is C13H24N4. The molecule has 0 radical (unpaired) electrons. The van der Waals surface area contributed by atoms with E-state index in [1.807, 2.05) is 26.4 Å². The van der Waals surface area contributed by atoms with E-state index in [-0.39, 0.29) is 5.54 Å². The standard InChI is InChI=1S/C13H24N4/c1-13(2,14)12-7-15-10-17(12)9-11-5-4-6-16(3)8-11/h7,10-11H,4-6,8-9,14H2,1-3H3. The van der Waals surface area contributed by atoms with Crippen LogP contribution in [0.1, 0.15) is 32.4 Å². The van der Waals surface area contributed by atoms with Crippen molar-refractivity contribution >= 4 is 0 Å². The molecule has 0 aliphatic carbocycles. The van der Waals surface area contributed by atoms with Crippen LogP contribution in [-0.2, 0) is 12.1 Å². The minimum atomic E-state index is -0.308. The fourth-order valence-electron chi connectivity index (χ4n) is 2.70. The first-order valence-corrected chi connectivity index (χ1v) is 6.45. The van der Waals surface area contributed by atoms with E-state index in [4.69, 9.17) is 5.73 Å². The van der Waals surface area contributed by atoms with Crippen LogP contribution >= 0.6 is 0 Å². The summed E-state index contributed by atoms with van der Waals surface area (Å²) >= 11 is 0. The second-order valence-corrected chi connectivity index (χ2v) is 5.92. The van der Waals surface area contributed by atoms with Crippen molar-refractivity contribution in [3.8, 4) is 0 Å². The first kappa shape index (κ1) is 12.6. The Morgan fingerprint density at radius 3 is 2.94 bits per heavy atom. The second kappa shape index (κ2) is 4.78. The molecule has 17 heavy (non-hydrogen) atoms. The van der Waals surface area contributed by atoms with Gasteiger partial charge in [-0.05, 0) is 46.2 Å². The van der Waals surface area contributed by atoms with Crippen LogP contribution in [0.5, 0.6) is 0 Å². The lowest BCUT2D eigenvalue weighted by Gasteiger charge is -2.31. The molecule has 1 fully saturated rings. The molecule has 4 heteroatoms. The maximum Gasteiger partial charge on any atom is 0.0948 e. The minimum absolute atomic E-state index is 0.308. The molecule has 0 bridgehead atoms. The predicted octanol–water partition coefficient (Wildman–Crippen LogP) is 1.42. The lowest BCUT2D eigenvalue weighted by Crippen LogP contribution is -2.36. The van der Waals surface area contributed by atoms with Crippen molar-refractivity contribution in [1.82, 2.24) is 14.5 Å². The van der Waals surface area contributed by atoms with Crippen LogP contribution in [-0.4, -0.2) is 34.6 Å². The molecule has 96 valence electrons.